The van der Waals surface area contributed by atoms with Crippen LogP contribution in [-0.4, -0.2) is 9.55 Å². The van der Waals surface area contributed by atoms with Gasteiger partial charge in [-0.05, 0) is 25.0 Å². The molecule has 0 amide bonds. The Hall–Kier alpha value is -1.42. The van der Waals surface area contributed by atoms with E-state index in [9.17, 15) is 4.39 Å². The van der Waals surface area contributed by atoms with Crippen molar-refractivity contribution >= 4 is 11.0 Å². The number of hydrogen-bond acceptors (Lipinski definition) is 2. The van der Waals surface area contributed by atoms with Gasteiger partial charge in [-0.2, -0.15) is 0 Å². The second-order valence-corrected chi connectivity index (χ2v) is 4.65. The number of aromatic nitrogens is 2. The van der Waals surface area contributed by atoms with Crippen molar-refractivity contribution in [3.63, 3.8) is 0 Å². The Bertz CT molecular complexity index is 533. The summed E-state index contributed by atoms with van der Waals surface area (Å²) in [6.45, 7) is 5.09. The Balaban J connectivity index is 2.53. The third-order valence-electron chi connectivity index (χ3n) is 3.12. The van der Waals surface area contributed by atoms with Crippen molar-refractivity contribution in [2.45, 2.75) is 45.7 Å². The zero-order valence-corrected chi connectivity index (χ0v) is 11.0. The molecular formula is C14H20FN3. The first kappa shape index (κ1) is 13.0. The van der Waals surface area contributed by atoms with E-state index in [-0.39, 0.29) is 11.9 Å². The molecule has 3 nitrogen and oxygen atoms in total. The van der Waals surface area contributed by atoms with Gasteiger partial charge in [-0.15, -0.1) is 0 Å². The van der Waals surface area contributed by atoms with Crippen molar-refractivity contribution in [3.05, 3.63) is 29.8 Å². The van der Waals surface area contributed by atoms with Crippen LogP contribution in [0.15, 0.2) is 18.2 Å². The zero-order chi connectivity index (χ0) is 13.1. The normalized spacial score (nSPS) is 13.1. The van der Waals surface area contributed by atoms with Crippen LogP contribution in [0.2, 0.25) is 0 Å². The number of rotatable bonds is 5. The maximum Gasteiger partial charge on any atom is 0.126 e. The second kappa shape index (κ2) is 5.48. The lowest BCUT2D eigenvalue weighted by molar-refractivity contribution is 0.552. The number of fused-ring (bicyclic) bond motifs is 1. The molecule has 1 aromatic carbocycles. The Morgan fingerprint density at radius 3 is 2.78 bits per heavy atom. The van der Waals surface area contributed by atoms with Crippen molar-refractivity contribution in [1.29, 1.82) is 0 Å². The fourth-order valence-corrected chi connectivity index (χ4v) is 2.30. The molecule has 98 valence electrons. The molecule has 1 heterocycles. The summed E-state index contributed by atoms with van der Waals surface area (Å²) in [7, 11) is 0. The van der Waals surface area contributed by atoms with Gasteiger partial charge in [0.25, 0.3) is 0 Å². The summed E-state index contributed by atoms with van der Waals surface area (Å²) in [5.41, 5.74) is 7.83. The number of hydrogen-bond donors (Lipinski definition) is 1. The molecule has 0 aliphatic rings. The third-order valence-corrected chi connectivity index (χ3v) is 3.12. The van der Waals surface area contributed by atoms with E-state index in [1.165, 1.54) is 12.1 Å². The van der Waals surface area contributed by atoms with E-state index in [4.69, 9.17) is 5.73 Å². The van der Waals surface area contributed by atoms with Crippen molar-refractivity contribution in [3.8, 4) is 0 Å². The Morgan fingerprint density at radius 1 is 1.33 bits per heavy atom. The number of aryl methyl sites for hydroxylation is 1. The van der Waals surface area contributed by atoms with Gasteiger partial charge in [-0.25, -0.2) is 9.37 Å². The molecule has 1 aromatic heterocycles. The first-order valence-electron chi connectivity index (χ1n) is 6.58. The topological polar surface area (TPSA) is 43.8 Å². The van der Waals surface area contributed by atoms with Gasteiger partial charge in [0.2, 0.25) is 0 Å². The van der Waals surface area contributed by atoms with Gasteiger partial charge >= 0.3 is 0 Å². The molecule has 0 bridgehead atoms. The molecule has 0 saturated carbocycles. The summed E-state index contributed by atoms with van der Waals surface area (Å²) in [5, 5.41) is 0. The molecule has 1 unspecified atom stereocenters. The van der Waals surface area contributed by atoms with E-state index in [1.54, 1.807) is 6.07 Å². The fourth-order valence-electron chi connectivity index (χ4n) is 2.30. The van der Waals surface area contributed by atoms with Crippen molar-refractivity contribution in [2.75, 3.05) is 0 Å². The maximum atomic E-state index is 13.2. The predicted octanol–water partition coefficient (Wildman–Crippen LogP) is 3.39. The Labute approximate surface area is 107 Å². The lowest BCUT2D eigenvalue weighted by Crippen LogP contribution is -2.16. The number of nitrogens with zero attached hydrogens (tertiary/aromatic N) is 2. The smallest absolute Gasteiger partial charge is 0.126 e. The minimum atomic E-state index is -0.251. The van der Waals surface area contributed by atoms with Crippen LogP contribution in [0.1, 0.15) is 45.0 Å². The molecule has 0 fully saturated rings. The van der Waals surface area contributed by atoms with Crippen LogP contribution in [0.25, 0.3) is 11.0 Å². The molecule has 18 heavy (non-hydrogen) atoms. The van der Waals surface area contributed by atoms with Crippen LogP contribution in [-0.2, 0) is 6.54 Å². The van der Waals surface area contributed by atoms with E-state index < -0.39 is 0 Å². The van der Waals surface area contributed by atoms with Gasteiger partial charge in [0.15, 0.2) is 0 Å². The van der Waals surface area contributed by atoms with E-state index in [0.29, 0.717) is 5.52 Å². The van der Waals surface area contributed by atoms with Crippen molar-refractivity contribution in [2.24, 2.45) is 5.73 Å². The minimum absolute atomic E-state index is 0.0722. The van der Waals surface area contributed by atoms with Gasteiger partial charge in [-0.1, -0.05) is 20.3 Å². The van der Waals surface area contributed by atoms with E-state index in [0.717, 1.165) is 37.1 Å². The highest BCUT2D eigenvalue weighted by atomic mass is 19.1. The maximum absolute atomic E-state index is 13.2. The molecule has 4 heteroatoms. The third kappa shape index (κ3) is 2.38. The van der Waals surface area contributed by atoms with Crippen LogP contribution in [0, 0.1) is 5.82 Å². The highest BCUT2D eigenvalue weighted by Gasteiger charge is 2.16. The average molecular weight is 249 g/mol. The quantitative estimate of drug-likeness (QED) is 0.882. The molecule has 0 saturated heterocycles. The standard InChI is InChI=1S/C14H20FN3/c1-3-5-11(16)14-17-12-9-10(15)6-7-13(12)18(14)8-4-2/h6-7,9,11H,3-5,8,16H2,1-2H3. The summed E-state index contributed by atoms with van der Waals surface area (Å²) >= 11 is 0. The van der Waals surface area contributed by atoms with Crippen LogP contribution in [0.3, 0.4) is 0 Å². The zero-order valence-electron chi connectivity index (χ0n) is 11.0. The first-order valence-corrected chi connectivity index (χ1v) is 6.58. The lowest BCUT2D eigenvalue weighted by atomic mass is 10.1. The SMILES string of the molecule is CCCC(N)c1nc2cc(F)ccc2n1CCC. The van der Waals surface area contributed by atoms with Crippen LogP contribution < -0.4 is 5.73 Å². The largest absolute Gasteiger partial charge is 0.327 e. The number of halogens is 1. The highest BCUT2D eigenvalue weighted by Crippen LogP contribution is 2.23. The molecule has 0 aliphatic heterocycles. The number of benzene rings is 1. The van der Waals surface area contributed by atoms with E-state index in [2.05, 4.69) is 23.4 Å². The molecule has 0 spiro atoms. The van der Waals surface area contributed by atoms with Crippen LogP contribution in [0.4, 0.5) is 4.39 Å². The Kier molecular flexibility index (Phi) is 3.97. The van der Waals surface area contributed by atoms with Crippen LogP contribution in [0.5, 0.6) is 0 Å². The van der Waals surface area contributed by atoms with E-state index >= 15 is 0 Å². The van der Waals surface area contributed by atoms with Gasteiger partial charge in [0.1, 0.15) is 11.6 Å². The summed E-state index contributed by atoms with van der Waals surface area (Å²) in [6, 6.07) is 4.67. The number of nitrogens with two attached hydrogens (primary N) is 1. The average Bonchev–Trinajstić information content (AvgIpc) is 2.68. The molecule has 0 radical (unpaired) electrons. The summed E-state index contributed by atoms with van der Waals surface area (Å²) < 4.78 is 15.4. The van der Waals surface area contributed by atoms with Crippen LogP contribution >= 0.6 is 0 Å². The minimum Gasteiger partial charge on any atom is -0.327 e. The van der Waals surface area contributed by atoms with Gasteiger partial charge in [-0.3, -0.25) is 0 Å². The molecule has 0 aliphatic carbocycles. The first-order chi connectivity index (χ1) is 8.67. The van der Waals surface area contributed by atoms with Gasteiger partial charge < -0.3 is 10.3 Å². The summed E-state index contributed by atoms with van der Waals surface area (Å²) in [5.74, 6) is 0.624. The molecule has 2 N–H and O–H groups in total. The van der Waals surface area contributed by atoms with Crippen molar-refractivity contribution < 1.29 is 4.39 Å². The number of imidazole rings is 1. The molecule has 2 rings (SSSR count). The highest BCUT2D eigenvalue weighted by molar-refractivity contribution is 5.76. The van der Waals surface area contributed by atoms with Crippen molar-refractivity contribution in [1.82, 2.24) is 9.55 Å². The lowest BCUT2D eigenvalue weighted by Gasteiger charge is -2.13. The molecule has 2 aromatic rings. The van der Waals surface area contributed by atoms with Gasteiger partial charge in [0.05, 0.1) is 17.1 Å². The Morgan fingerprint density at radius 2 is 2.11 bits per heavy atom. The molecular weight excluding hydrogens is 229 g/mol. The second-order valence-electron chi connectivity index (χ2n) is 4.65. The molecule has 1 atom stereocenters. The predicted molar refractivity (Wildman–Crippen MR) is 71.8 cm³/mol. The summed E-state index contributed by atoms with van der Waals surface area (Å²) in [6.07, 6.45) is 2.93. The summed E-state index contributed by atoms with van der Waals surface area (Å²) in [4.78, 5) is 4.51. The monoisotopic (exact) mass is 249 g/mol. The fraction of sp³-hybridized carbons (Fsp3) is 0.500. The van der Waals surface area contributed by atoms with E-state index in [1.807, 2.05) is 0 Å². The van der Waals surface area contributed by atoms with Gasteiger partial charge in [0, 0.05) is 12.6 Å².